The van der Waals surface area contributed by atoms with Crippen LogP contribution in [0.25, 0.3) is 0 Å². The smallest absolute Gasteiger partial charge is 0.416 e. The van der Waals surface area contributed by atoms with Crippen LogP contribution in [0.2, 0.25) is 0 Å². The van der Waals surface area contributed by atoms with Crippen LogP contribution in [-0.4, -0.2) is 11.9 Å². The zero-order chi connectivity index (χ0) is 21.9. The maximum absolute atomic E-state index is 12.7. The maximum Gasteiger partial charge on any atom is 0.416 e. The van der Waals surface area contributed by atoms with Gasteiger partial charge in [0.15, 0.2) is 0 Å². The summed E-state index contributed by atoms with van der Waals surface area (Å²) in [5.74, 6) is -1.25. The Morgan fingerprint density at radius 3 is 2.17 bits per heavy atom. The molecule has 0 unspecified atom stereocenters. The predicted octanol–water partition coefficient (Wildman–Crippen LogP) is 6.25. The van der Waals surface area contributed by atoms with Gasteiger partial charge in [-0.3, -0.25) is 4.79 Å². The number of alkyl halides is 3. The molecule has 0 bridgehead atoms. The molecular weight excluding hydrogens is 463 g/mol. The molecule has 154 valence electrons. The molecule has 4 nitrogen and oxygen atoms in total. The number of esters is 1. The van der Waals surface area contributed by atoms with Crippen LogP contribution < -0.4 is 10.1 Å². The molecule has 8 heteroatoms. The number of hydrogen-bond donors (Lipinski definition) is 1. The summed E-state index contributed by atoms with van der Waals surface area (Å²) < 4.78 is 44.0. The normalized spacial score (nSPS) is 11.1. The minimum Gasteiger partial charge on any atom is -0.422 e. The zero-order valence-electron chi connectivity index (χ0n) is 15.6. The summed E-state index contributed by atoms with van der Waals surface area (Å²) in [4.78, 5) is 25.1. The van der Waals surface area contributed by atoms with Crippen LogP contribution in [0.15, 0.2) is 71.2 Å². The third-order valence-corrected chi connectivity index (χ3v) is 4.64. The Bertz CT molecular complexity index is 1080. The molecule has 0 spiro atoms. The molecule has 0 aliphatic carbocycles. The van der Waals surface area contributed by atoms with E-state index in [1.54, 1.807) is 30.3 Å². The zero-order valence-corrected chi connectivity index (χ0v) is 17.2. The minimum absolute atomic E-state index is 0.0215. The van der Waals surface area contributed by atoms with Crippen molar-refractivity contribution in [2.24, 2.45) is 0 Å². The summed E-state index contributed by atoms with van der Waals surface area (Å²) >= 11 is 3.26. The predicted molar refractivity (Wildman–Crippen MR) is 110 cm³/mol. The fraction of sp³-hybridized carbons (Fsp3) is 0.0909. The molecule has 3 rings (SSSR count). The molecule has 0 heterocycles. The van der Waals surface area contributed by atoms with E-state index in [0.29, 0.717) is 10.0 Å². The van der Waals surface area contributed by atoms with E-state index in [4.69, 9.17) is 4.74 Å². The van der Waals surface area contributed by atoms with Crippen LogP contribution in [0.5, 0.6) is 5.75 Å². The van der Waals surface area contributed by atoms with E-state index in [0.717, 1.165) is 29.8 Å². The van der Waals surface area contributed by atoms with Crippen molar-refractivity contribution in [3.63, 3.8) is 0 Å². The van der Waals surface area contributed by atoms with E-state index in [1.165, 1.54) is 12.1 Å². The van der Waals surface area contributed by atoms with Gasteiger partial charge < -0.3 is 10.1 Å². The Labute approximate surface area is 178 Å². The van der Waals surface area contributed by atoms with Crippen molar-refractivity contribution in [2.45, 2.75) is 13.1 Å². The van der Waals surface area contributed by atoms with Crippen molar-refractivity contribution in [3.8, 4) is 5.75 Å². The number of benzene rings is 3. The number of ether oxygens (including phenoxy) is 1. The third kappa shape index (κ3) is 5.27. The quantitative estimate of drug-likeness (QED) is 0.357. The molecule has 30 heavy (non-hydrogen) atoms. The molecule has 1 N–H and O–H groups in total. The van der Waals surface area contributed by atoms with Gasteiger partial charge in [0.2, 0.25) is 0 Å². The number of nitrogens with one attached hydrogen (secondary N) is 1. The van der Waals surface area contributed by atoms with Crippen LogP contribution in [0, 0.1) is 6.92 Å². The SMILES string of the molecule is Cc1ccc(C(=O)Oc2ccc(Br)cc2C(=O)Nc2ccc(C(F)(F)F)cc2)cc1. The van der Waals surface area contributed by atoms with Crippen molar-refractivity contribution < 1.29 is 27.5 Å². The topological polar surface area (TPSA) is 55.4 Å². The first kappa shape index (κ1) is 21.6. The summed E-state index contributed by atoms with van der Waals surface area (Å²) in [6, 6.07) is 15.3. The molecule has 1 amide bonds. The fourth-order valence-corrected chi connectivity index (χ4v) is 2.92. The lowest BCUT2D eigenvalue weighted by molar-refractivity contribution is -0.137. The van der Waals surface area contributed by atoms with Gasteiger partial charge in [0, 0.05) is 10.2 Å². The summed E-state index contributed by atoms with van der Waals surface area (Å²) in [6.07, 6.45) is -4.47. The van der Waals surface area contributed by atoms with Gasteiger partial charge in [0.05, 0.1) is 16.7 Å². The molecule has 0 fully saturated rings. The van der Waals surface area contributed by atoms with E-state index in [-0.39, 0.29) is 17.0 Å². The second-order valence-electron chi connectivity index (χ2n) is 6.43. The molecule has 0 radical (unpaired) electrons. The average molecular weight is 478 g/mol. The van der Waals surface area contributed by atoms with Gasteiger partial charge in [-0.25, -0.2) is 4.79 Å². The second kappa shape index (κ2) is 8.71. The number of aryl methyl sites for hydroxylation is 1. The average Bonchev–Trinajstić information content (AvgIpc) is 2.69. The molecule has 0 aromatic heterocycles. The number of amides is 1. The van der Waals surface area contributed by atoms with Gasteiger partial charge in [-0.15, -0.1) is 0 Å². The first-order chi connectivity index (χ1) is 14.1. The number of carbonyl (C=O) groups is 2. The van der Waals surface area contributed by atoms with Crippen LogP contribution >= 0.6 is 15.9 Å². The van der Waals surface area contributed by atoms with Crippen LogP contribution in [0.1, 0.15) is 31.8 Å². The largest absolute Gasteiger partial charge is 0.422 e. The Morgan fingerprint density at radius 1 is 0.933 bits per heavy atom. The number of rotatable bonds is 4. The molecule has 3 aromatic rings. The van der Waals surface area contributed by atoms with Crippen LogP contribution in [0.4, 0.5) is 18.9 Å². The molecule has 0 aliphatic rings. The summed E-state index contributed by atoms with van der Waals surface area (Å²) in [6.45, 7) is 1.88. The second-order valence-corrected chi connectivity index (χ2v) is 7.34. The minimum atomic E-state index is -4.47. The highest BCUT2D eigenvalue weighted by Crippen LogP contribution is 2.30. The molecule has 3 aromatic carbocycles. The fourth-order valence-electron chi connectivity index (χ4n) is 2.56. The van der Waals surface area contributed by atoms with E-state index in [1.807, 2.05) is 6.92 Å². The highest BCUT2D eigenvalue weighted by Gasteiger charge is 2.30. The number of anilines is 1. The van der Waals surface area contributed by atoms with Gasteiger partial charge in [-0.1, -0.05) is 33.6 Å². The molecule has 0 atom stereocenters. The van der Waals surface area contributed by atoms with Crippen molar-refractivity contribution in [1.82, 2.24) is 0 Å². The molecule has 0 saturated carbocycles. The van der Waals surface area contributed by atoms with E-state index >= 15 is 0 Å². The Balaban J connectivity index is 1.81. The third-order valence-electron chi connectivity index (χ3n) is 4.15. The highest BCUT2D eigenvalue weighted by atomic mass is 79.9. The maximum atomic E-state index is 12.7. The van der Waals surface area contributed by atoms with Gasteiger partial charge in [0.25, 0.3) is 5.91 Å². The number of halogens is 4. The molecular formula is C22H15BrF3NO3. The van der Waals surface area contributed by atoms with E-state index in [9.17, 15) is 22.8 Å². The van der Waals surface area contributed by atoms with Gasteiger partial charge in [-0.2, -0.15) is 13.2 Å². The molecule has 0 aliphatic heterocycles. The van der Waals surface area contributed by atoms with E-state index < -0.39 is 23.6 Å². The summed E-state index contributed by atoms with van der Waals surface area (Å²) in [5.41, 5.74) is 0.689. The Morgan fingerprint density at radius 2 is 1.57 bits per heavy atom. The lowest BCUT2D eigenvalue weighted by Crippen LogP contribution is -2.16. The number of hydrogen-bond acceptors (Lipinski definition) is 3. The first-order valence-corrected chi connectivity index (χ1v) is 9.50. The van der Waals surface area contributed by atoms with Crippen molar-refractivity contribution >= 4 is 33.5 Å². The van der Waals surface area contributed by atoms with Gasteiger partial charge >= 0.3 is 12.1 Å². The van der Waals surface area contributed by atoms with Crippen LogP contribution in [-0.2, 0) is 6.18 Å². The van der Waals surface area contributed by atoms with Gasteiger partial charge in [0.1, 0.15) is 5.75 Å². The number of carbonyl (C=O) groups excluding carboxylic acids is 2. The molecule has 0 saturated heterocycles. The van der Waals surface area contributed by atoms with Gasteiger partial charge in [-0.05, 0) is 61.5 Å². The van der Waals surface area contributed by atoms with Crippen molar-refractivity contribution in [1.29, 1.82) is 0 Å². The Hall–Kier alpha value is -3.13. The summed E-state index contributed by atoms with van der Waals surface area (Å²) in [7, 11) is 0. The highest BCUT2D eigenvalue weighted by molar-refractivity contribution is 9.10. The van der Waals surface area contributed by atoms with E-state index in [2.05, 4.69) is 21.2 Å². The lowest BCUT2D eigenvalue weighted by Gasteiger charge is -2.12. The van der Waals surface area contributed by atoms with Crippen molar-refractivity contribution in [2.75, 3.05) is 5.32 Å². The Kier molecular flexibility index (Phi) is 6.26. The lowest BCUT2D eigenvalue weighted by atomic mass is 10.1. The van der Waals surface area contributed by atoms with Crippen molar-refractivity contribution in [3.05, 3.63) is 93.5 Å². The van der Waals surface area contributed by atoms with Crippen LogP contribution in [0.3, 0.4) is 0 Å². The standard InChI is InChI=1S/C22H15BrF3NO3/c1-13-2-4-14(5-3-13)21(29)30-19-11-8-16(23)12-18(19)20(28)27-17-9-6-15(7-10-17)22(24,25)26/h2-12H,1H3,(H,27,28). The summed E-state index contributed by atoms with van der Waals surface area (Å²) in [5, 5.41) is 2.51. The monoisotopic (exact) mass is 477 g/mol. The first-order valence-electron chi connectivity index (χ1n) is 8.70.